The molecule has 4 aliphatic heterocycles. The summed E-state index contributed by atoms with van der Waals surface area (Å²) < 4.78 is 37.4. The zero-order valence-corrected chi connectivity index (χ0v) is 48.2. The van der Waals surface area contributed by atoms with Crippen molar-refractivity contribution in [2.75, 3.05) is 58.5 Å². The van der Waals surface area contributed by atoms with E-state index in [-0.39, 0.29) is 84.6 Å². The number of unbranched alkanes of at least 4 members (excludes halogenated alkanes) is 1. The highest BCUT2D eigenvalue weighted by atomic mass is 32.2. The molecule has 0 aliphatic carbocycles. The number of benzene rings is 1. The van der Waals surface area contributed by atoms with Gasteiger partial charge in [0.1, 0.15) is 40.1 Å². The van der Waals surface area contributed by atoms with Crippen molar-refractivity contribution in [2.24, 2.45) is 5.92 Å². The monoisotopic (exact) mass is 1080 g/mol. The van der Waals surface area contributed by atoms with Crippen LogP contribution in [0.1, 0.15) is 156 Å². The summed E-state index contributed by atoms with van der Waals surface area (Å²) in [5.41, 5.74) is 1.27. The lowest BCUT2D eigenvalue weighted by Gasteiger charge is -2.45. The normalized spacial score (nSPS) is 22.5. The lowest BCUT2D eigenvalue weighted by molar-refractivity contribution is -0.179. The lowest BCUT2D eigenvalue weighted by Crippen LogP contribution is -2.52. The van der Waals surface area contributed by atoms with Crippen LogP contribution in [0.15, 0.2) is 52.7 Å². The largest absolute Gasteiger partial charge is 0.506 e. The molecule has 4 amide bonds. The zero-order valence-electron chi connectivity index (χ0n) is 47.4. The molecule has 16 nitrogen and oxygen atoms in total. The van der Waals surface area contributed by atoms with Crippen molar-refractivity contribution in [1.82, 2.24) is 21.3 Å². The van der Waals surface area contributed by atoms with Crippen LogP contribution in [0.2, 0.25) is 0 Å². The maximum atomic E-state index is 14.6. The second-order valence-electron chi connectivity index (χ2n) is 21.8. The maximum absolute atomic E-state index is 14.6. The van der Waals surface area contributed by atoms with E-state index in [4.69, 9.17) is 28.4 Å². The highest BCUT2D eigenvalue weighted by Gasteiger charge is 2.49. The SMILES string of the molecule is C/C=C1/C(=O)c2c(O)c3c(c(CC=C(C)C)c2OC1C(C)C(C)(C)OC(C)(C/C=C(/C)C(=O)NCCOCCOCCOCCNC(=O)CCCC[C@H]1SCC2NC(=O)NC21)C(=O)CC)OC(C)(CCC=C(C)C)C=C3. The molecule has 4 heterocycles. The molecule has 76 heavy (non-hydrogen) atoms. The van der Waals surface area contributed by atoms with E-state index in [0.717, 1.165) is 37.0 Å². The molecular weight excluding hydrogens is 989 g/mol. The second kappa shape index (κ2) is 28.6. The van der Waals surface area contributed by atoms with Crippen LogP contribution in [-0.4, -0.2) is 133 Å². The van der Waals surface area contributed by atoms with Gasteiger partial charge in [0.05, 0.1) is 62.9 Å². The number of rotatable bonds is 31. The number of aromatic hydroxyl groups is 1. The molecule has 0 saturated carbocycles. The molecule has 4 aliphatic rings. The Balaban J connectivity index is 1.06. The zero-order chi connectivity index (χ0) is 55.8. The number of phenolic OH excluding ortho intramolecular Hbond substituents is 1. The smallest absolute Gasteiger partial charge is 0.315 e. The predicted molar refractivity (Wildman–Crippen MR) is 299 cm³/mol. The molecular formula is C59H88N4O12S. The fraction of sp³-hybridized carbons (Fsp3) is 0.644. The van der Waals surface area contributed by atoms with Crippen LogP contribution in [0.25, 0.3) is 6.08 Å². The fourth-order valence-electron chi connectivity index (χ4n) is 9.92. The molecule has 5 rings (SSSR count). The quantitative estimate of drug-likeness (QED) is 0.0204. The predicted octanol–water partition coefficient (Wildman–Crippen LogP) is 9.22. The van der Waals surface area contributed by atoms with Crippen molar-refractivity contribution >= 4 is 47.2 Å². The summed E-state index contributed by atoms with van der Waals surface area (Å²) in [6.45, 7) is 25.7. The summed E-state index contributed by atoms with van der Waals surface area (Å²) in [5.74, 6) is 0.249. The Labute approximate surface area is 456 Å². The van der Waals surface area contributed by atoms with E-state index in [2.05, 4.69) is 47.3 Å². The minimum absolute atomic E-state index is 0.00643. The topological polar surface area (TPSA) is 209 Å². The Morgan fingerprint density at radius 3 is 2.22 bits per heavy atom. The van der Waals surface area contributed by atoms with Gasteiger partial charge in [0.25, 0.3) is 0 Å². The number of amides is 4. The molecule has 422 valence electrons. The van der Waals surface area contributed by atoms with Gasteiger partial charge < -0.3 is 54.8 Å². The first-order valence-corrected chi connectivity index (χ1v) is 28.4. The first-order valence-electron chi connectivity index (χ1n) is 27.4. The standard InChI is InChI=1S/C59H88N4O12S/c1-13-41-50(66)48-51(67)42-24-26-58(11,25-17-18-37(3)4)74-53(42)43(22-21-38(5)6)54(48)73-52(41)40(8)57(9,10)75-59(12,46(64)14-2)27-23-39(7)55(68)61-29-31-71-33-35-72-34-32-70-30-28-60-47(65)20-16-15-19-45-49-44(36-76-45)62-56(69)63-49/h13,18,21,23-24,26,40,44-45,49,52,67H,14-17,19-20,22,25,27-36H2,1-12H3,(H,60,65)(H,61,68)(H2,62,63,69)/b39-23-,41-13-/t40?,44?,45-,49?,52?,58?,59?/m1/s1. The number of Topliss-reactive ketones (excluding diaryl/α,β-unsaturated/α-hetero) is 2. The number of carbonyl (C=O) groups is 5. The summed E-state index contributed by atoms with van der Waals surface area (Å²) in [6, 6.07) is 0.328. The van der Waals surface area contributed by atoms with Gasteiger partial charge in [-0.05, 0) is 113 Å². The number of thioether (sulfide) groups is 1. The minimum Gasteiger partial charge on any atom is -0.506 e. The van der Waals surface area contributed by atoms with Gasteiger partial charge in [0.2, 0.25) is 11.8 Å². The third-order valence-corrected chi connectivity index (χ3v) is 16.2. The van der Waals surface area contributed by atoms with Gasteiger partial charge in [-0.3, -0.25) is 19.2 Å². The van der Waals surface area contributed by atoms with Crippen LogP contribution < -0.4 is 30.7 Å². The van der Waals surface area contributed by atoms with E-state index in [1.165, 1.54) is 5.57 Å². The molecule has 0 radical (unpaired) electrons. The Hall–Kier alpha value is -4.94. The Morgan fingerprint density at radius 1 is 0.921 bits per heavy atom. The second-order valence-corrected chi connectivity index (χ2v) is 23.1. The number of nitrogens with one attached hydrogen (secondary N) is 4. The maximum Gasteiger partial charge on any atom is 0.315 e. The van der Waals surface area contributed by atoms with Gasteiger partial charge in [-0.1, -0.05) is 55.7 Å². The van der Waals surface area contributed by atoms with Gasteiger partial charge in [0, 0.05) is 66.0 Å². The molecule has 0 bridgehead atoms. The van der Waals surface area contributed by atoms with Gasteiger partial charge in [0.15, 0.2) is 11.6 Å². The van der Waals surface area contributed by atoms with E-state index in [1.54, 1.807) is 39.8 Å². The number of urea groups is 1. The van der Waals surface area contributed by atoms with Crippen LogP contribution in [0.5, 0.6) is 17.2 Å². The first kappa shape index (κ1) is 61.9. The summed E-state index contributed by atoms with van der Waals surface area (Å²) in [4.78, 5) is 65.3. The van der Waals surface area contributed by atoms with Crippen LogP contribution in [0.4, 0.5) is 4.79 Å². The number of hydrogen-bond donors (Lipinski definition) is 5. The van der Waals surface area contributed by atoms with E-state index in [9.17, 15) is 29.1 Å². The summed E-state index contributed by atoms with van der Waals surface area (Å²) in [6.07, 6.45) is 16.1. The van der Waals surface area contributed by atoms with Gasteiger partial charge in [-0.2, -0.15) is 11.8 Å². The fourth-order valence-corrected chi connectivity index (χ4v) is 11.5. The molecule has 7 atom stereocenters. The van der Waals surface area contributed by atoms with Crippen LogP contribution in [0, 0.1) is 5.92 Å². The van der Waals surface area contributed by atoms with Crippen molar-refractivity contribution in [1.29, 1.82) is 0 Å². The van der Waals surface area contributed by atoms with Crippen molar-refractivity contribution in [3.63, 3.8) is 0 Å². The highest BCUT2D eigenvalue weighted by Crippen LogP contribution is 2.52. The molecule has 17 heteroatoms. The Morgan fingerprint density at radius 2 is 1.58 bits per heavy atom. The van der Waals surface area contributed by atoms with Gasteiger partial charge in [-0.25, -0.2) is 4.79 Å². The molecule has 0 aromatic heterocycles. The Bertz CT molecular complexity index is 2380. The molecule has 1 aromatic rings. The number of hydrogen-bond acceptors (Lipinski definition) is 13. The first-order chi connectivity index (χ1) is 36.0. The minimum atomic E-state index is -1.33. The van der Waals surface area contributed by atoms with Crippen LogP contribution in [0.3, 0.4) is 0 Å². The molecule has 1 aromatic carbocycles. The third-order valence-electron chi connectivity index (χ3n) is 14.7. The van der Waals surface area contributed by atoms with Gasteiger partial charge >= 0.3 is 6.03 Å². The van der Waals surface area contributed by atoms with Crippen LogP contribution in [-0.2, 0) is 39.8 Å². The van der Waals surface area contributed by atoms with Crippen molar-refractivity contribution in [2.45, 2.75) is 181 Å². The highest BCUT2D eigenvalue weighted by molar-refractivity contribution is 8.00. The number of carbonyl (C=O) groups excluding carboxylic acids is 5. The number of allylic oxidation sites excluding steroid dienone is 5. The molecule has 5 N–H and O–H groups in total. The summed E-state index contributed by atoms with van der Waals surface area (Å²) in [5, 5.41) is 24.0. The van der Waals surface area contributed by atoms with Gasteiger partial charge in [-0.15, -0.1) is 0 Å². The third kappa shape index (κ3) is 16.8. The summed E-state index contributed by atoms with van der Waals surface area (Å²) >= 11 is 1.88. The Kier molecular flexibility index (Phi) is 23.3. The number of ketones is 2. The van der Waals surface area contributed by atoms with Crippen molar-refractivity contribution in [3.05, 3.63) is 69.4 Å². The number of phenols is 1. The van der Waals surface area contributed by atoms with E-state index >= 15 is 0 Å². The lowest BCUT2D eigenvalue weighted by atomic mass is 9.78. The summed E-state index contributed by atoms with van der Waals surface area (Å²) in [7, 11) is 0. The molecule has 2 saturated heterocycles. The van der Waals surface area contributed by atoms with E-state index in [1.807, 2.05) is 65.5 Å². The molecule has 2 fully saturated rings. The van der Waals surface area contributed by atoms with Crippen LogP contribution >= 0.6 is 11.8 Å². The number of ether oxygens (including phenoxy) is 6. The van der Waals surface area contributed by atoms with E-state index in [0.29, 0.717) is 92.1 Å². The number of fused-ring (bicyclic) bond motifs is 3. The van der Waals surface area contributed by atoms with Crippen molar-refractivity contribution < 1.29 is 57.5 Å². The van der Waals surface area contributed by atoms with Crippen molar-refractivity contribution in [3.8, 4) is 17.2 Å². The van der Waals surface area contributed by atoms with E-state index < -0.39 is 28.8 Å². The molecule has 0 spiro atoms. The average molecular weight is 1080 g/mol. The average Bonchev–Trinajstić information content (AvgIpc) is 3.93. The molecule has 6 unspecified atom stereocenters.